The highest BCUT2D eigenvalue weighted by molar-refractivity contribution is 7.99. The van der Waals surface area contributed by atoms with Gasteiger partial charge in [-0.05, 0) is 50.0 Å². The number of hydrogen-bond donors (Lipinski definition) is 2. The van der Waals surface area contributed by atoms with Gasteiger partial charge in [0.15, 0.2) is 0 Å². The maximum atomic E-state index is 11.6. The van der Waals surface area contributed by atoms with E-state index in [2.05, 4.69) is 17.4 Å². The lowest BCUT2D eigenvalue weighted by Gasteiger charge is -2.29. The number of aliphatic carboxylic acids is 1. The SMILES string of the molecule is CCC(CCCSc1ccccc1)(NC1CC1)C(=O)O. The van der Waals surface area contributed by atoms with Crippen LogP contribution < -0.4 is 5.32 Å². The third kappa shape index (κ3) is 4.25. The van der Waals surface area contributed by atoms with Crippen molar-refractivity contribution < 1.29 is 9.90 Å². The molecule has 1 aliphatic carbocycles. The van der Waals surface area contributed by atoms with E-state index in [-0.39, 0.29) is 0 Å². The van der Waals surface area contributed by atoms with Crippen molar-refractivity contribution in [1.29, 1.82) is 0 Å². The molecule has 110 valence electrons. The molecule has 1 atom stereocenters. The number of benzene rings is 1. The van der Waals surface area contributed by atoms with E-state index in [0.717, 1.165) is 25.0 Å². The predicted octanol–water partition coefficient (Wildman–Crippen LogP) is 3.54. The van der Waals surface area contributed by atoms with Gasteiger partial charge in [-0.2, -0.15) is 0 Å². The Bertz CT molecular complexity index is 433. The summed E-state index contributed by atoms with van der Waals surface area (Å²) in [5.41, 5.74) is -0.724. The number of nitrogens with one attached hydrogen (secondary N) is 1. The third-order valence-electron chi connectivity index (χ3n) is 3.83. The molecule has 0 heterocycles. The molecule has 20 heavy (non-hydrogen) atoms. The Morgan fingerprint density at radius 3 is 2.65 bits per heavy atom. The van der Waals surface area contributed by atoms with Gasteiger partial charge in [0.25, 0.3) is 0 Å². The number of carboxylic acids is 1. The third-order valence-corrected chi connectivity index (χ3v) is 4.93. The van der Waals surface area contributed by atoms with Crippen molar-refractivity contribution in [2.24, 2.45) is 0 Å². The van der Waals surface area contributed by atoms with Crippen LogP contribution in [-0.2, 0) is 4.79 Å². The summed E-state index contributed by atoms with van der Waals surface area (Å²) in [6.07, 6.45) is 4.50. The topological polar surface area (TPSA) is 49.3 Å². The standard InChI is InChI=1S/C16H23NO2S/c1-2-16(15(18)19,17-13-9-10-13)11-6-12-20-14-7-4-3-5-8-14/h3-5,7-8,13,17H,2,6,9-12H2,1H3,(H,18,19). The summed E-state index contributed by atoms with van der Waals surface area (Å²) in [4.78, 5) is 12.9. The van der Waals surface area contributed by atoms with Gasteiger partial charge in [0.2, 0.25) is 0 Å². The smallest absolute Gasteiger partial charge is 0.323 e. The van der Waals surface area contributed by atoms with Crippen LogP contribution in [0.15, 0.2) is 35.2 Å². The molecule has 0 aliphatic heterocycles. The van der Waals surface area contributed by atoms with Gasteiger partial charge < -0.3 is 5.11 Å². The normalized spacial score (nSPS) is 17.6. The summed E-state index contributed by atoms with van der Waals surface area (Å²) in [7, 11) is 0. The zero-order valence-corrected chi connectivity index (χ0v) is 12.8. The molecule has 0 amide bonds. The van der Waals surface area contributed by atoms with Crippen molar-refractivity contribution in [3.05, 3.63) is 30.3 Å². The lowest BCUT2D eigenvalue weighted by Crippen LogP contribution is -2.52. The first kappa shape index (κ1) is 15.4. The average molecular weight is 293 g/mol. The minimum Gasteiger partial charge on any atom is -0.480 e. The van der Waals surface area contributed by atoms with Crippen LogP contribution in [0.25, 0.3) is 0 Å². The van der Waals surface area contributed by atoms with Crippen LogP contribution in [0.1, 0.15) is 39.0 Å². The van der Waals surface area contributed by atoms with Crippen molar-refractivity contribution in [1.82, 2.24) is 5.32 Å². The van der Waals surface area contributed by atoms with Crippen LogP contribution in [0.3, 0.4) is 0 Å². The molecule has 0 saturated heterocycles. The van der Waals surface area contributed by atoms with Crippen molar-refractivity contribution >= 4 is 17.7 Å². The second-order valence-corrected chi connectivity index (χ2v) is 6.59. The highest BCUT2D eigenvalue weighted by Crippen LogP contribution is 2.28. The highest BCUT2D eigenvalue weighted by Gasteiger charge is 2.40. The van der Waals surface area contributed by atoms with Gasteiger partial charge in [0.05, 0.1) is 0 Å². The van der Waals surface area contributed by atoms with Crippen molar-refractivity contribution in [2.75, 3.05) is 5.75 Å². The molecule has 4 heteroatoms. The molecule has 1 aromatic rings. The molecule has 3 nitrogen and oxygen atoms in total. The van der Waals surface area contributed by atoms with E-state index in [1.54, 1.807) is 11.8 Å². The zero-order valence-electron chi connectivity index (χ0n) is 12.0. The van der Waals surface area contributed by atoms with Gasteiger partial charge in [0.1, 0.15) is 5.54 Å². The van der Waals surface area contributed by atoms with E-state index in [9.17, 15) is 9.90 Å². The maximum Gasteiger partial charge on any atom is 0.323 e. The average Bonchev–Trinajstić information content (AvgIpc) is 3.27. The quantitative estimate of drug-likeness (QED) is 0.540. The van der Waals surface area contributed by atoms with Gasteiger partial charge in [-0.3, -0.25) is 10.1 Å². The van der Waals surface area contributed by atoms with E-state index >= 15 is 0 Å². The lowest BCUT2D eigenvalue weighted by atomic mass is 9.90. The monoisotopic (exact) mass is 293 g/mol. The van der Waals surface area contributed by atoms with Gasteiger partial charge in [-0.25, -0.2) is 0 Å². The molecule has 1 aliphatic rings. The van der Waals surface area contributed by atoms with E-state index in [4.69, 9.17) is 0 Å². The summed E-state index contributed by atoms with van der Waals surface area (Å²) in [5, 5.41) is 12.9. The van der Waals surface area contributed by atoms with Gasteiger partial charge >= 0.3 is 5.97 Å². The first-order chi connectivity index (χ1) is 9.66. The molecular formula is C16H23NO2S. The number of carboxylic acid groups (broad SMARTS) is 1. The summed E-state index contributed by atoms with van der Waals surface area (Å²) >= 11 is 1.80. The Labute approximate surface area is 125 Å². The number of carbonyl (C=O) groups is 1. The van der Waals surface area contributed by atoms with Crippen LogP contribution in [0.2, 0.25) is 0 Å². The van der Waals surface area contributed by atoms with E-state index in [1.807, 2.05) is 25.1 Å². The first-order valence-corrected chi connectivity index (χ1v) is 8.34. The van der Waals surface area contributed by atoms with E-state index < -0.39 is 11.5 Å². The fourth-order valence-corrected chi connectivity index (χ4v) is 3.24. The van der Waals surface area contributed by atoms with Crippen molar-refractivity contribution in [3.63, 3.8) is 0 Å². The van der Waals surface area contributed by atoms with Crippen molar-refractivity contribution in [2.45, 2.75) is 55.5 Å². The Morgan fingerprint density at radius 2 is 2.10 bits per heavy atom. The molecule has 1 unspecified atom stereocenters. The molecule has 1 saturated carbocycles. The van der Waals surface area contributed by atoms with Crippen molar-refractivity contribution in [3.8, 4) is 0 Å². The molecular weight excluding hydrogens is 270 g/mol. The molecule has 0 aromatic heterocycles. The second-order valence-electron chi connectivity index (χ2n) is 5.42. The first-order valence-electron chi connectivity index (χ1n) is 7.35. The van der Waals surface area contributed by atoms with E-state index in [0.29, 0.717) is 18.9 Å². The Balaban J connectivity index is 1.80. The lowest BCUT2D eigenvalue weighted by molar-refractivity contribution is -0.145. The fraction of sp³-hybridized carbons (Fsp3) is 0.562. The minimum atomic E-state index is -0.724. The largest absolute Gasteiger partial charge is 0.480 e. The summed E-state index contributed by atoms with van der Waals surface area (Å²) in [6.45, 7) is 1.97. The Kier molecular flexibility index (Phi) is 5.49. The molecule has 0 bridgehead atoms. The Morgan fingerprint density at radius 1 is 1.40 bits per heavy atom. The Hall–Kier alpha value is -1.00. The molecule has 1 aromatic carbocycles. The maximum absolute atomic E-state index is 11.6. The molecule has 0 radical (unpaired) electrons. The number of rotatable bonds is 9. The summed E-state index contributed by atoms with van der Waals surface area (Å²) < 4.78 is 0. The molecule has 2 N–H and O–H groups in total. The van der Waals surface area contributed by atoms with E-state index in [1.165, 1.54) is 4.90 Å². The summed E-state index contributed by atoms with van der Waals surface area (Å²) in [6, 6.07) is 10.7. The zero-order chi connectivity index (χ0) is 14.4. The van der Waals surface area contributed by atoms with Crippen LogP contribution >= 0.6 is 11.8 Å². The van der Waals surface area contributed by atoms with Crippen LogP contribution in [0.5, 0.6) is 0 Å². The van der Waals surface area contributed by atoms with Crippen LogP contribution in [0.4, 0.5) is 0 Å². The second kappa shape index (κ2) is 7.14. The fourth-order valence-electron chi connectivity index (χ4n) is 2.37. The van der Waals surface area contributed by atoms with Gasteiger partial charge in [-0.1, -0.05) is 25.1 Å². The number of hydrogen-bond acceptors (Lipinski definition) is 3. The van der Waals surface area contributed by atoms with Gasteiger partial charge in [-0.15, -0.1) is 11.8 Å². The summed E-state index contributed by atoms with van der Waals surface area (Å²) in [5.74, 6) is 0.266. The highest BCUT2D eigenvalue weighted by atomic mass is 32.2. The van der Waals surface area contributed by atoms with Crippen LogP contribution in [-0.4, -0.2) is 28.4 Å². The molecule has 2 rings (SSSR count). The molecule has 0 spiro atoms. The van der Waals surface area contributed by atoms with Gasteiger partial charge in [0, 0.05) is 10.9 Å². The van der Waals surface area contributed by atoms with Crippen LogP contribution in [0, 0.1) is 0 Å². The predicted molar refractivity (Wildman–Crippen MR) is 83.2 cm³/mol. The number of thioether (sulfide) groups is 1. The molecule has 1 fully saturated rings. The minimum absolute atomic E-state index is 0.424.